The van der Waals surface area contributed by atoms with Gasteiger partial charge in [-0.2, -0.15) is 0 Å². The highest BCUT2D eigenvalue weighted by Crippen LogP contribution is 2.25. The molecule has 1 amide bonds. The fraction of sp³-hybridized carbons (Fsp3) is 0.929. The van der Waals surface area contributed by atoms with Crippen LogP contribution >= 0.6 is 0 Å². The van der Waals surface area contributed by atoms with Gasteiger partial charge in [0.1, 0.15) is 6.10 Å². The molecule has 2 atom stereocenters. The van der Waals surface area contributed by atoms with E-state index in [0.717, 1.165) is 57.2 Å². The van der Waals surface area contributed by atoms with Gasteiger partial charge in [-0.1, -0.05) is 13.8 Å². The summed E-state index contributed by atoms with van der Waals surface area (Å²) < 4.78 is 5.49. The van der Waals surface area contributed by atoms with Crippen molar-refractivity contribution >= 4 is 5.91 Å². The maximum Gasteiger partial charge on any atom is 0.251 e. The Balaban J connectivity index is 1.87. The van der Waals surface area contributed by atoms with Gasteiger partial charge in [0.15, 0.2) is 0 Å². The molecule has 98 valence electrons. The zero-order chi connectivity index (χ0) is 12.3. The molecule has 0 aromatic heterocycles. The van der Waals surface area contributed by atoms with Crippen LogP contribution in [0.5, 0.6) is 0 Å². The van der Waals surface area contributed by atoms with E-state index in [4.69, 9.17) is 4.74 Å². The third-order valence-electron chi connectivity index (χ3n) is 4.23. The van der Waals surface area contributed by atoms with Gasteiger partial charge in [-0.25, -0.2) is 0 Å². The number of carbonyl (C=O) groups excluding carboxylic acids is 1. The molecule has 2 fully saturated rings. The number of rotatable bonds is 2. The van der Waals surface area contributed by atoms with Gasteiger partial charge in [0.05, 0.1) is 0 Å². The fourth-order valence-electron chi connectivity index (χ4n) is 2.99. The molecule has 2 saturated heterocycles. The second kappa shape index (κ2) is 5.85. The number of carbonyl (C=O) groups is 1. The summed E-state index contributed by atoms with van der Waals surface area (Å²) >= 11 is 0. The molecular weight excluding hydrogens is 214 g/mol. The summed E-state index contributed by atoms with van der Waals surface area (Å²) in [5.41, 5.74) is 0. The highest BCUT2D eigenvalue weighted by molar-refractivity contribution is 5.81. The Kier molecular flexibility index (Phi) is 4.43. The van der Waals surface area contributed by atoms with E-state index in [0.29, 0.717) is 0 Å². The maximum absolute atomic E-state index is 12.2. The van der Waals surface area contributed by atoms with E-state index in [2.05, 4.69) is 13.8 Å². The lowest BCUT2D eigenvalue weighted by atomic mass is 9.89. The fourth-order valence-corrected chi connectivity index (χ4v) is 2.99. The highest BCUT2D eigenvalue weighted by Gasteiger charge is 2.30. The Bertz CT molecular complexity index is 259. The number of hydrogen-bond donors (Lipinski definition) is 0. The van der Waals surface area contributed by atoms with Crippen LogP contribution < -0.4 is 0 Å². The van der Waals surface area contributed by atoms with Crippen molar-refractivity contribution in [3.8, 4) is 0 Å². The predicted octanol–water partition coefficient (Wildman–Crippen LogP) is 2.45. The van der Waals surface area contributed by atoms with Gasteiger partial charge in [-0.3, -0.25) is 4.79 Å². The van der Waals surface area contributed by atoms with Crippen LogP contribution in [-0.4, -0.2) is 36.6 Å². The van der Waals surface area contributed by atoms with Crippen molar-refractivity contribution in [2.45, 2.75) is 52.1 Å². The van der Waals surface area contributed by atoms with Crippen LogP contribution in [0.15, 0.2) is 0 Å². The van der Waals surface area contributed by atoms with E-state index >= 15 is 0 Å². The molecule has 3 nitrogen and oxygen atoms in total. The van der Waals surface area contributed by atoms with Crippen molar-refractivity contribution in [3.05, 3.63) is 0 Å². The minimum atomic E-state index is -0.134. The number of ether oxygens (including phenoxy) is 1. The van der Waals surface area contributed by atoms with Crippen molar-refractivity contribution < 1.29 is 9.53 Å². The van der Waals surface area contributed by atoms with Crippen molar-refractivity contribution in [2.24, 2.45) is 11.8 Å². The second-order valence-corrected chi connectivity index (χ2v) is 5.76. The molecule has 0 spiro atoms. The van der Waals surface area contributed by atoms with Gasteiger partial charge in [0, 0.05) is 19.7 Å². The normalized spacial score (nSPS) is 30.6. The first-order chi connectivity index (χ1) is 8.18. The lowest BCUT2D eigenvalue weighted by Gasteiger charge is -2.24. The zero-order valence-electron chi connectivity index (χ0n) is 11.2. The third kappa shape index (κ3) is 3.21. The first-order valence-electron chi connectivity index (χ1n) is 7.09. The summed E-state index contributed by atoms with van der Waals surface area (Å²) in [4.78, 5) is 14.3. The predicted molar refractivity (Wildman–Crippen MR) is 67.7 cm³/mol. The van der Waals surface area contributed by atoms with Crippen molar-refractivity contribution in [3.63, 3.8) is 0 Å². The minimum absolute atomic E-state index is 0.134. The van der Waals surface area contributed by atoms with E-state index in [1.807, 2.05) is 4.90 Å². The van der Waals surface area contributed by atoms with Crippen LogP contribution in [0.25, 0.3) is 0 Å². The molecular formula is C14H25NO2. The van der Waals surface area contributed by atoms with E-state index in [-0.39, 0.29) is 12.0 Å². The topological polar surface area (TPSA) is 29.5 Å². The van der Waals surface area contributed by atoms with Crippen molar-refractivity contribution in [1.82, 2.24) is 4.90 Å². The summed E-state index contributed by atoms with van der Waals surface area (Å²) in [6.45, 7) is 7.22. The molecule has 2 heterocycles. The third-order valence-corrected chi connectivity index (χ3v) is 4.23. The Morgan fingerprint density at radius 3 is 2.65 bits per heavy atom. The molecule has 3 heteroatoms. The van der Waals surface area contributed by atoms with E-state index in [9.17, 15) is 4.79 Å². The summed E-state index contributed by atoms with van der Waals surface area (Å²) in [7, 11) is 0. The minimum Gasteiger partial charge on any atom is -0.368 e. The Labute approximate surface area is 105 Å². The molecule has 2 rings (SSSR count). The summed E-state index contributed by atoms with van der Waals surface area (Å²) in [5.74, 6) is 1.77. The first-order valence-corrected chi connectivity index (χ1v) is 7.09. The largest absolute Gasteiger partial charge is 0.368 e. The number of hydrogen-bond acceptors (Lipinski definition) is 2. The van der Waals surface area contributed by atoms with Crippen molar-refractivity contribution in [2.75, 3.05) is 19.7 Å². The Morgan fingerprint density at radius 2 is 2.00 bits per heavy atom. The monoisotopic (exact) mass is 239 g/mol. The molecule has 0 aromatic carbocycles. The van der Waals surface area contributed by atoms with E-state index in [1.165, 1.54) is 6.42 Å². The summed E-state index contributed by atoms with van der Waals surface area (Å²) in [5, 5.41) is 0. The van der Waals surface area contributed by atoms with Crippen LogP contribution in [0.1, 0.15) is 46.0 Å². The second-order valence-electron chi connectivity index (χ2n) is 5.76. The lowest BCUT2D eigenvalue weighted by Crippen LogP contribution is -2.39. The summed E-state index contributed by atoms with van der Waals surface area (Å²) in [6.07, 6.45) is 5.41. The Hall–Kier alpha value is -0.570. The van der Waals surface area contributed by atoms with Crippen molar-refractivity contribution in [1.29, 1.82) is 0 Å². The maximum atomic E-state index is 12.2. The standard InChI is InChI=1S/C14H25NO2/c1-11(2)12-5-3-8-15(9-7-12)14(16)13-6-4-10-17-13/h11-13H,3-10H2,1-2H3. The zero-order valence-corrected chi connectivity index (χ0v) is 11.2. The SMILES string of the molecule is CC(C)C1CCCN(C(=O)C2CCCO2)CC1. The molecule has 17 heavy (non-hydrogen) atoms. The molecule has 2 unspecified atom stereocenters. The molecule has 0 saturated carbocycles. The summed E-state index contributed by atoms with van der Waals surface area (Å²) in [6, 6.07) is 0. The van der Waals surface area contributed by atoms with Gasteiger partial charge < -0.3 is 9.64 Å². The molecule has 0 radical (unpaired) electrons. The van der Waals surface area contributed by atoms with Crippen LogP contribution in [0.2, 0.25) is 0 Å². The van der Waals surface area contributed by atoms with Gasteiger partial charge in [0.25, 0.3) is 5.91 Å². The molecule has 2 aliphatic heterocycles. The highest BCUT2D eigenvalue weighted by atomic mass is 16.5. The van der Waals surface area contributed by atoms with Gasteiger partial charge in [-0.15, -0.1) is 0 Å². The molecule has 0 aromatic rings. The molecule has 2 aliphatic rings. The first kappa shape index (κ1) is 12.9. The van der Waals surface area contributed by atoms with Crippen LogP contribution in [0.4, 0.5) is 0 Å². The molecule has 0 aliphatic carbocycles. The number of amides is 1. The van der Waals surface area contributed by atoms with Gasteiger partial charge in [-0.05, 0) is 43.9 Å². The molecule has 0 bridgehead atoms. The van der Waals surface area contributed by atoms with Gasteiger partial charge >= 0.3 is 0 Å². The average Bonchev–Trinajstić information content (AvgIpc) is 2.71. The van der Waals surface area contributed by atoms with Crippen LogP contribution in [0, 0.1) is 11.8 Å². The molecule has 0 N–H and O–H groups in total. The van der Waals surface area contributed by atoms with Crippen LogP contribution in [-0.2, 0) is 9.53 Å². The van der Waals surface area contributed by atoms with Gasteiger partial charge in [0.2, 0.25) is 0 Å². The Morgan fingerprint density at radius 1 is 1.18 bits per heavy atom. The number of nitrogens with zero attached hydrogens (tertiary/aromatic N) is 1. The van der Waals surface area contributed by atoms with Crippen LogP contribution in [0.3, 0.4) is 0 Å². The average molecular weight is 239 g/mol. The lowest BCUT2D eigenvalue weighted by molar-refractivity contribution is -0.140. The van der Waals surface area contributed by atoms with E-state index < -0.39 is 0 Å². The number of likely N-dealkylation sites (tertiary alicyclic amines) is 1. The van der Waals surface area contributed by atoms with E-state index in [1.54, 1.807) is 0 Å². The smallest absolute Gasteiger partial charge is 0.251 e. The quantitative estimate of drug-likeness (QED) is 0.741.